The topological polar surface area (TPSA) is 118 Å². The van der Waals surface area contributed by atoms with Gasteiger partial charge in [-0.3, -0.25) is 9.52 Å². The van der Waals surface area contributed by atoms with Crippen LogP contribution in [-0.2, 0) is 40.4 Å². The summed E-state index contributed by atoms with van der Waals surface area (Å²) in [6.45, 7) is 5.38. The SMILES string of the molecule is C=C(Nc1c2c(cc3c1CCC3)CCC2)NS(=N)(=O)/C(C=N)=C/NCC(C)=O. The molecule has 1 aromatic rings. The van der Waals surface area contributed by atoms with E-state index in [0.717, 1.165) is 50.4 Å². The average molecular weight is 402 g/mol. The maximum absolute atomic E-state index is 12.8. The van der Waals surface area contributed by atoms with Crippen molar-refractivity contribution in [3.8, 4) is 0 Å². The molecule has 0 aliphatic heterocycles. The number of allylic oxidation sites excluding steroid dienone is 1. The molecule has 2 aliphatic carbocycles. The molecule has 0 fully saturated rings. The van der Waals surface area contributed by atoms with Crippen molar-refractivity contribution >= 4 is 27.6 Å². The number of aryl methyl sites for hydroxylation is 2. The summed E-state index contributed by atoms with van der Waals surface area (Å²) >= 11 is 0. The molecule has 1 aromatic carbocycles. The summed E-state index contributed by atoms with van der Waals surface area (Å²) in [7, 11) is -3.49. The summed E-state index contributed by atoms with van der Waals surface area (Å²) in [5.74, 6) is 0.177. The Labute approximate surface area is 166 Å². The Hall–Kier alpha value is -2.61. The molecule has 5 N–H and O–H groups in total. The van der Waals surface area contributed by atoms with Crippen molar-refractivity contribution in [1.29, 1.82) is 10.2 Å². The van der Waals surface area contributed by atoms with E-state index in [2.05, 4.69) is 28.0 Å². The molecule has 0 saturated carbocycles. The molecule has 1 unspecified atom stereocenters. The van der Waals surface area contributed by atoms with Gasteiger partial charge >= 0.3 is 0 Å². The van der Waals surface area contributed by atoms with Crippen molar-refractivity contribution in [1.82, 2.24) is 10.0 Å². The Morgan fingerprint density at radius 1 is 1.21 bits per heavy atom. The van der Waals surface area contributed by atoms with E-state index < -0.39 is 9.92 Å². The number of hydrogen-bond acceptors (Lipinski definition) is 6. The second kappa shape index (κ2) is 8.18. The number of rotatable bonds is 9. The summed E-state index contributed by atoms with van der Waals surface area (Å²) in [6, 6.07) is 2.33. The van der Waals surface area contributed by atoms with Gasteiger partial charge in [0.25, 0.3) is 0 Å². The highest BCUT2D eigenvalue weighted by molar-refractivity contribution is 7.95. The summed E-state index contributed by atoms with van der Waals surface area (Å²) in [5.41, 5.74) is 6.38. The first-order chi connectivity index (χ1) is 13.3. The molecule has 0 saturated heterocycles. The molecular formula is C20H27N5O2S. The number of ketones is 1. The van der Waals surface area contributed by atoms with Crippen molar-refractivity contribution in [2.75, 3.05) is 11.9 Å². The molecule has 1 atom stereocenters. The Kier molecular flexibility index (Phi) is 5.88. The van der Waals surface area contributed by atoms with Crippen LogP contribution >= 0.6 is 0 Å². The van der Waals surface area contributed by atoms with Gasteiger partial charge in [0.1, 0.15) is 16.5 Å². The van der Waals surface area contributed by atoms with Crippen LogP contribution in [0, 0.1) is 10.2 Å². The number of carbonyl (C=O) groups is 1. The fraction of sp³-hybridized carbons (Fsp3) is 0.400. The summed E-state index contributed by atoms with van der Waals surface area (Å²) in [5, 5.41) is 13.4. The van der Waals surface area contributed by atoms with Gasteiger partial charge in [-0.1, -0.05) is 12.6 Å². The molecule has 0 amide bonds. The molecule has 8 heteroatoms. The third-order valence-corrected chi connectivity index (χ3v) is 6.52. The quantitative estimate of drug-likeness (QED) is 0.409. The van der Waals surface area contributed by atoms with Crippen molar-refractivity contribution in [2.45, 2.75) is 45.4 Å². The zero-order chi connectivity index (χ0) is 20.3. The van der Waals surface area contributed by atoms with Crippen LogP contribution in [0.2, 0.25) is 0 Å². The summed E-state index contributed by atoms with van der Waals surface area (Å²) < 4.78 is 23.5. The van der Waals surface area contributed by atoms with E-state index in [4.69, 9.17) is 10.2 Å². The Morgan fingerprint density at radius 3 is 2.36 bits per heavy atom. The maximum atomic E-state index is 12.8. The third-order valence-electron chi connectivity index (χ3n) is 5.09. The van der Waals surface area contributed by atoms with Crippen molar-refractivity contribution in [3.05, 3.63) is 51.8 Å². The molecule has 0 bridgehead atoms. The zero-order valence-corrected chi connectivity index (χ0v) is 16.9. The Bertz CT molecular complexity index is 931. The zero-order valence-electron chi connectivity index (χ0n) is 16.1. The van der Waals surface area contributed by atoms with Crippen LogP contribution in [-0.4, -0.2) is 22.8 Å². The van der Waals surface area contributed by atoms with Crippen molar-refractivity contribution in [3.63, 3.8) is 0 Å². The fourth-order valence-corrected chi connectivity index (χ4v) is 4.81. The van der Waals surface area contributed by atoms with Crippen molar-refractivity contribution < 1.29 is 9.00 Å². The molecule has 0 spiro atoms. The number of Topliss-reactive ketones (excluding diaryl/α,β-unsaturated/α-hetero) is 1. The third kappa shape index (κ3) is 4.27. The summed E-state index contributed by atoms with van der Waals surface area (Å²) in [4.78, 5) is 11.0. The lowest BCUT2D eigenvalue weighted by molar-refractivity contribution is -0.116. The van der Waals surface area contributed by atoms with Crippen LogP contribution in [0.1, 0.15) is 42.0 Å². The largest absolute Gasteiger partial charge is 0.383 e. The number of nitrogens with one attached hydrogen (secondary N) is 5. The maximum Gasteiger partial charge on any atom is 0.160 e. The standard InChI is InChI=1S/C20H27N5O2S/c1-13(26)11-23-12-17(10-21)28(22,27)25-14(2)24-20-18-7-3-5-15(18)9-16-6-4-8-19(16)20/h9-10,12,21,23-24H,2-8,11H2,1H3,(H2,22,25,27)/b17-12+,21-10?. The van der Waals surface area contributed by atoms with Crippen molar-refractivity contribution in [2.24, 2.45) is 0 Å². The lowest BCUT2D eigenvalue weighted by atomic mass is 9.99. The van der Waals surface area contributed by atoms with Gasteiger partial charge < -0.3 is 16.0 Å². The number of carbonyl (C=O) groups excluding carboxylic acids is 1. The highest BCUT2D eigenvalue weighted by Gasteiger charge is 2.24. The number of benzene rings is 1. The molecule has 7 nitrogen and oxygen atoms in total. The Balaban J connectivity index is 1.77. The second-order valence-corrected chi connectivity index (χ2v) is 9.06. The highest BCUT2D eigenvalue weighted by Crippen LogP contribution is 2.38. The van der Waals surface area contributed by atoms with Gasteiger partial charge in [-0.2, -0.15) is 0 Å². The van der Waals surface area contributed by atoms with E-state index in [1.807, 2.05) is 0 Å². The molecule has 3 rings (SSSR count). The highest BCUT2D eigenvalue weighted by atomic mass is 32.2. The first kappa shape index (κ1) is 20.1. The van der Waals surface area contributed by atoms with Gasteiger partial charge in [0, 0.05) is 18.1 Å². The van der Waals surface area contributed by atoms with E-state index in [1.165, 1.54) is 35.4 Å². The molecule has 2 aliphatic rings. The molecule has 150 valence electrons. The summed E-state index contributed by atoms with van der Waals surface area (Å²) in [6.07, 6.45) is 8.55. The van der Waals surface area contributed by atoms with E-state index in [1.54, 1.807) is 0 Å². The smallest absolute Gasteiger partial charge is 0.160 e. The molecular weight excluding hydrogens is 374 g/mol. The predicted molar refractivity (Wildman–Crippen MR) is 113 cm³/mol. The first-order valence-corrected chi connectivity index (χ1v) is 11.0. The van der Waals surface area contributed by atoms with Crippen LogP contribution in [0.3, 0.4) is 0 Å². The minimum absolute atomic E-state index is 0.0499. The lowest BCUT2D eigenvalue weighted by Gasteiger charge is -2.20. The molecule has 0 heterocycles. The minimum atomic E-state index is -3.49. The van der Waals surface area contributed by atoms with Gasteiger partial charge in [-0.05, 0) is 67.7 Å². The fourth-order valence-electron chi connectivity index (χ4n) is 3.88. The Morgan fingerprint density at radius 2 is 1.82 bits per heavy atom. The second-order valence-electron chi connectivity index (χ2n) is 7.27. The van der Waals surface area contributed by atoms with Crippen LogP contribution in [0.5, 0.6) is 0 Å². The lowest BCUT2D eigenvalue weighted by Crippen LogP contribution is -2.29. The van der Waals surface area contributed by atoms with Gasteiger partial charge in [0.2, 0.25) is 0 Å². The van der Waals surface area contributed by atoms with Gasteiger partial charge in [-0.25, -0.2) is 8.99 Å². The minimum Gasteiger partial charge on any atom is -0.383 e. The van der Waals surface area contributed by atoms with E-state index in [0.29, 0.717) is 0 Å². The monoisotopic (exact) mass is 401 g/mol. The molecule has 0 aromatic heterocycles. The van der Waals surface area contributed by atoms with Crippen LogP contribution in [0.25, 0.3) is 0 Å². The number of fused-ring (bicyclic) bond motifs is 2. The number of anilines is 1. The number of hydrogen-bond donors (Lipinski definition) is 5. The van der Waals surface area contributed by atoms with Gasteiger partial charge in [0.15, 0.2) is 9.92 Å². The van der Waals surface area contributed by atoms with Crippen LogP contribution < -0.4 is 15.4 Å². The predicted octanol–water partition coefficient (Wildman–Crippen LogP) is 2.77. The average Bonchev–Trinajstić information content (AvgIpc) is 3.26. The van der Waals surface area contributed by atoms with Crippen LogP contribution in [0.4, 0.5) is 5.69 Å². The first-order valence-electron chi connectivity index (χ1n) is 9.44. The van der Waals surface area contributed by atoms with E-state index >= 15 is 0 Å². The van der Waals surface area contributed by atoms with Crippen LogP contribution in [0.15, 0.2) is 29.6 Å². The van der Waals surface area contributed by atoms with E-state index in [9.17, 15) is 9.00 Å². The van der Waals surface area contributed by atoms with E-state index in [-0.39, 0.29) is 23.1 Å². The molecule has 0 radical (unpaired) electrons. The normalized spacial score (nSPS) is 17.2. The van der Waals surface area contributed by atoms with Gasteiger partial charge in [0.05, 0.1) is 6.54 Å². The van der Waals surface area contributed by atoms with Gasteiger partial charge in [-0.15, -0.1) is 0 Å². The molecule has 28 heavy (non-hydrogen) atoms.